The van der Waals surface area contributed by atoms with E-state index < -0.39 is 11.7 Å². The standard InChI is InChI=1S/C14H14ClFN4O/c1-2-7-17-13-9(8-12(15)19-20-13)14(21)18-11-6-4-3-5-10(11)16/h3-6,8H,2,7H2,1H3,(H,17,20)(H,18,21). The van der Waals surface area contributed by atoms with Crippen LogP contribution in [0, 0.1) is 5.82 Å². The fourth-order valence-corrected chi connectivity index (χ4v) is 1.81. The molecule has 2 aromatic rings. The first-order valence-electron chi connectivity index (χ1n) is 6.44. The van der Waals surface area contributed by atoms with Crippen LogP contribution in [0.25, 0.3) is 0 Å². The van der Waals surface area contributed by atoms with Crippen molar-refractivity contribution in [3.05, 3.63) is 46.9 Å². The zero-order chi connectivity index (χ0) is 15.2. The van der Waals surface area contributed by atoms with E-state index in [9.17, 15) is 9.18 Å². The highest BCUT2D eigenvalue weighted by atomic mass is 35.5. The molecule has 7 heteroatoms. The van der Waals surface area contributed by atoms with Crippen LogP contribution in [0.4, 0.5) is 15.9 Å². The fourth-order valence-electron chi connectivity index (χ4n) is 1.67. The molecule has 1 aromatic heterocycles. The fraction of sp³-hybridized carbons (Fsp3) is 0.214. The number of para-hydroxylation sites is 1. The molecule has 0 unspecified atom stereocenters. The summed E-state index contributed by atoms with van der Waals surface area (Å²) in [5.41, 5.74) is 0.309. The van der Waals surface area contributed by atoms with Gasteiger partial charge >= 0.3 is 0 Å². The Labute approximate surface area is 126 Å². The number of amides is 1. The molecule has 0 bridgehead atoms. The van der Waals surface area contributed by atoms with Gasteiger partial charge in [-0.05, 0) is 24.6 Å². The largest absolute Gasteiger partial charge is 0.368 e. The topological polar surface area (TPSA) is 66.9 Å². The van der Waals surface area contributed by atoms with Crippen molar-refractivity contribution in [3.63, 3.8) is 0 Å². The van der Waals surface area contributed by atoms with E-state index >= 15 is 0 Å². The van der Waals surface area contributed by atoms with Crippen LogP contribution in [0.3, 0.4) is 0 Å². The number of hydrogen-bond acceptors (Lipinski definition) is 4. The van der Waals surface area contributed by atoms with Crippen LogP contribution >= 0.6 is 11.6 Å². The zero-order valence-electron chi connectivity index (χ0n) is 11.4. The van der Waals surface area contributed by atoms with Crippen molar-refractivity contribution in [3.8, 4) is 0 Å². The summed E-state index contributed by atoms with van der Waals surface area (Å²) in [7, 11) is 0. The number of aromatic nitrogens is 2. The Morgan fingerprint density at radius 2 is 2.10 bits per heavy atom. The molecule has 0 aliphatic carbocycles. The van der Waals surface area contributed by atoms with E-state index in [1.165, 1.54) is 18.2 Å². The molecule has 0 saturated carbocycles. The summed E-state index contributed by atoms with van der Waals surface area (Å²) < 4.78 is 13.6. The number of rotatable bonds is 5. The van der Waals surface area contributed by atoms with E-state index in [4.69, 9.17) is 11.6 Å². The van der Waals surface area contributed by atoms with Gasteiger partial charge in [-0.2, -0.15) is 0 Å². The van der Waals surface area contributed by atoms with Crippen LogP contribution < -0.4 is 10.6 Å². The van der Waals surface area contributed by atoms with Gasteiger partial charge in [0.2, 0.25) is 0 Å². The number of nitrogens with zero attached hydrogens (tertiary/aromatic N) is 2. The molecular weight excluding hydrogens is 295 g/mol. The van der Waals surface area contributed by atoms with Gasteiger partial charge in [-0.25, -0.2) is 4.39 Å². The predicted molar refractivity (Wildman–Crippen MR) is 80.2 cm³/mol. The molecule has 0 radical (unpaired) electrons. The maximum absolute atomic E-state index is 13.6. The van der Waals surface area contributed by atoms with Gasteiger partial charge in [0.1, 0.15) is 5.82 Å². The minimum atomic E-state index is -0.512. The highest BCUT2D eigenvalue weighted by Gasteiger charge is 2.15. The molecular formula is C14H14ClFN4O. The molecule has 0 fully saturated rings. The van der Waals surface area contributed by atoms with Crippen molar-refractivity contribution in [2.75, 3.05) is 17.2 Å². The number of carbonyl (C=O) groups is 1. The molecule has 0 aliphatic rings. The molecule has 1 heterocycles. The second-order valence-corrected chi connectivity index (χ2v) is 4.68. The number of nitrogens with one attached hydrogen (secondary N) is 2. The van der Waals surface area contributed by atoms with Crippen molar-refractivity contribution in [2.45, 2.75) is 13.3 Å². The molecule has 1 amide bonds. The number of anilines is 2. The van der Waals surface area contributed by atoms with Gasteiger partial charge in [-0.3, -0.25) is 4.79 Å². The Kier molecular flexibility index (Phi) is 5.05. The molecule has 5 nitrogen and oxygen atoms in total. The SMILES string of the molecule is CCCNc1nnc(Cl)cc1C(=O)Nc1ccccc1F. The van der Waals surface area contributed by atoms with E-state index in [1.54, 1.807) is 12.1 Å². The summed E-state index contributed by atoms with van der Waals surface area (Å²) in [6.07, 6.45) is 0.860. The van der Waals surface area contributed by atoms with Crippen LogP contribution in [0.1, 0.15) is 23.7 Å². The van der Waals surface area contributed by atoms with Crippen molar-refractivity contribution < 1.29 is 9.18 Å². The Balaban J connectivity index is 2.25. The minimum absolute atomic E-state index is 0.0933. The lowest BCUT2D eigenvalue weighted by atomic mass is 10.2. The molecule has 2 N–H and O–H groups in total. The lowest BCUT2D eigenvalue weighted by Gasteiger charge is -2.10. The molecule has 110 valence electrons. The molecule has 0 aliphatic heterocycles. The van der Waals surface area contributed by atoms with E-state index in [2.05, 4.69) is 20.8 Å². The van der Waals surface area contributed by atoms with Crippen molar-refractivity contribution in [1.82, 2.24) is 10.2 Å². The summed E-state index contributed by atoms with van der Waals surface area (Å²) in [5, 5.41) is 13.1. The first kappa shape index (κ1) is 15.2. The second-order valence-electron chi connectivity index (χ2n) is 4.29. The quantitative estimate of drug-likeness (QED) is 0.889. The van der Waals surface area contributed by atoms with Gasteiger partial charge in [-0.15, -0.1) is 10.2 Å². The molecule has 0 atom stereocenters. The van der Waals surface area contributed by atoms with E-state index in [1.807, 2.05) is 6.92 Å². The van der Waals surface area contributed by atoms with E-state index in [0.717, 1.165) is 6.42 Å². The minimum Gasteiger partial charge on any atom is -0.368 e. The number of hydrogen-bond donors (Lipinski definition) is 2. The van der Waals surface area contributed by atoms with Gasteiger partial charge in [-0.1, -0.05) is 30.7 Å². The summed E-state index contributed by atoms with van der Waals surface area (Å²) in [4.78, 5) is 12.3. The Morgan fingerprint density at radius 3 is 2.81 bits per heavy atom. The maximum atomic E-state index is 13.6. The molecule has 0 spiro atoms. The normalized spacial score (nSPS) is 10.2. The summed E-state index contributed by atoms with van der Waals surface area (Å²) in [5.74, 6) is -0.701. The number of carbonyl (C=O) groups excluding carboxylic acids is 1. The van der Waals surface area contributed by atoms with E-state index in [-0.39, 0.29) is 16.4 Å². The lowest BCUT2D eigenvalue weighted by Crippen LogP contribution is -2.17. The van der Waals surface area contributed by atoms with Crippen LogP contribution in [-0.4, -0.2) is 22.6 Å². The summed E-state index contributed by atoms with van der Waals surface area (Å²) in [6.45, 7) is 2.62. The Morgan fingerprint density at radius 1 is 1.33 bits per heavy atom. The van der Waals surface area contributed by atoms with Crippen molar-refractivity contribution in [2.24, 2.45) is 0 Å². The highest BCUT2D eigenvalue weighted by molar-refractivity contribution is 6.30. The smallest absolute Gasteiger partial charge is 0.259 e. The summed E-state index contributed by atoms with van der Waals surface area (Å²) in [6, 6.07) is 7.31. The Hall–Kier alpha value is -2.21. The molecule has 2 rings (SSSR count). The second kappa shape index (κ2) is 6.99. The third-order valence-electron chi connectivity index (χ3n) is 2.67. The van der Waals surface area contributed by atoms with Crippen LogP contribution in [0.5, 0.6) is 0 Å². The highest BCUT2D eigenvalue weighted by Crippen LogP contribution is 2.19. The Bertz CT molecular complexity index is 651. The third-order valence-corrected chi connectivity index (χ3v) is 2.86. The van der Waals surface area contributed by atoms with Crippen molar-refractivity contribution in [1.29, 1.82) is 0 Å². The monoisotopic (exact) mass is 308 g/mol. The number of benzene rings is 1. The van der Waals surface area contributed by atoms with E-state index in [0.29, 0.717) is 12.4 Å². The van der Waals surface area contributed by atoms with Crippen LogP contribution in [-0.2, 0) is 0 Å². The molecule has 1 aromatic carbocycles. The predicted octanol–water partition coefficient (Wildman–Crippen LogP) is 3.34. The molecule has 0 saturated heterocycles. The number of halogens is 2. The lowest BCUT2D eigenvalue weighted by molar-refractivity contribution is 0.102. The average molecular weight is 309 g/mol. The summed E-state index contributed by atoms with van der Waals surface area (Å²) >= 11 is 5.77. The third kappa shape index (κ3) is 3.88. The van der Waals surface area contributed by atoms with Crippen LogP contribution in [0.2, 0.25) is 5.15 Å². The molecule has 21 heavy (non-hydrogen) atoms. The first-order valence-corrected chi connectivity index (χ1v) is 6.82. The maximum Gasteiger partial charge on any atom is 0.259 e. The van der Waals surface area contributed by atoms with Gasteiger partial charge < -0.3 is 10.6 Å². The van der Waals surface area contributed by atoms with Gasteiger partial charge in [0.25, 0.3) is 5.91 Å². The zero-order valence-corrected chi connectivity index (χ0v) is 12.1. The van der Waals surface area contributed by atoms with Gasteiger partial charge in [0.15, 0.2) is 11.0 Å². The first-order chi connectivity index (χ1) is 10.1. The van der Waals surface area contributed by atoms with Gasteiger partial charge in [0, 0.05) is 6.54 Å². The average Bonchev–Trinajstić information content (AvgIpc) is 2.48. The van der Waals surface area contributed by atoms with Crippen molar-refractivity contribution >= 4 is 29.0 Å². The van der Waals surface area contributed by atoms with Crippen LogP contribution in [0.15, 0.2) is 30.3 Å². The van der Waals surface area contributed by atoms with Gasteiger partial charge in [0.05, 0.1) is 11.3 Å².